The Morgan fingerprint density at radius 2 is 1.92 bits per heavy atom. The number of ether oxygens (including phenoxy) is 1. The van der Waals surface area contributed by atoms with E-state index in [4.69, 9.17) is 4.74 Å². The number of halogens is 1. The Bertz CT molecular complexity index is 930. The maximum atomic E-state index is 12.8. The van der Waals surface area contributed by atoms with Gasteiger partial charge in [0.05, 0.1) is 13.2 Å². The van der Waals surface area contributed by atoms with Crippen molar-refractivity contribution in [2.24, 2.45) is 0 Å². The maximum absolute atomic E-state index is 12.8. The molecule has 3 nitrogen and oxygen atoms in total. The molecule has 0 atom stereocenters. The maximum Gasteiger partial charge on any atom is 0.184 e. The quantitative estimate of drug-likeness (QED) is 0.729. The number of allylic oxidation sites excluding steroid dienone is 6. The van der Waals surface area contributed by atoms with E-state index >= 15 is 0 Å². The number of morpholine rings is 1. The minimum atomic E-state index is 0.181. The molecular weight excluding hydrogens is 390 g/mol. The smallest absolute Gasteiger partial charge is 0.184 e. The summed E-state index contributed by atoms with van der Waals surface area (Å²) in [7, 11) is 0. The molecule has 132 valence electrons. The van der Waals surface area contributed by atoms with Gasteiger partial charge in [-0.1, -0.05) is 40.2 Å². The lowest BCUT2D eigenvalue weighted by Gasteiger charge is -2.33. The zero-order valence-corrected chi connectivity index (χ0v) is 16.1. The van der Waals surface area contributed by atoms with Crippen LogP contribution in [0.15, 0.2) is 51.7 Å². The number of benzene rings is 1. The number of rotatable bonds is 2. The molecule has 3 aliphatic carbocycles. The average Bonchev–Trinajstić information content (AvgIpc) is 3.30. The van der Waals surface area contributed by atoms with E-state index in [0.717, 1.165) is 61.3 Å². The summed E-state index contributed by atoms with van der Waals surface area (Å²) in [5, 5.41) is 0. The highest BCUT2D eigenvalue weighted by Gasteiger charge is 2.31. The second-order valence-corrected chi connectivity index (χ2v) is 8.01. The van der Waals surface area contributed by atoms with E-state index in [-0.39, 0.29) is 5.78 Å². The highest BCUT2D eigenvalue weighted by atomic mass is 79.9. The number of nitrogens with zero attached hydrogens (tertiary/aromatic N) is 1. The van der Waals surface area contributed by atoms with Gasteiger partial charge in [-0.25, -0.2) is 0 Å². The first kappa shape index (κ1) is 16.3. The lowest BCUT2D eigenvalue weighted by Crippen LogP contribution is -2.36. The molecule has 1 aromatic rings. The molecule has 1 fully saturated rings. The van der Waals surface area contributed by atoms with Crippen LogP contribution >= 0.6 is 15.9 Å². The van der Waals surface area contributed by atoms with Crippen LogP contribution in [0.5, 0.6) is 0 Å². The molecule has 0 saturated carbocycles. The lowest BCUT2D eigenvalue weighted by atomic mass is 9.87. The Morgan fingerprint density at radius 1 is 1.08 bits per heavy atom. The predicted molar refractivity (Wildman–Crippen MR) is 107 cm³/mol. The summed E-state index contributed by atoms with van der Waals surface area (Å²) in [6, 6.07) is 4.30. The molecule has 0 bridgehead atoms. The van der Waals surface area contributed by atoms with Crippen molar-refractivity contribution >= 4 is 33.4 Å². The number of carbonyl (C=O) groups excluding carboxylic acids is 1. The number of hydrogen-bond donors (Lipinski definition) is 0. The van der Waals surface area contributed by atoms with Gasteiger partial charge in [0.2, 0.25) is 0 Å². The van der Waals surface area contributed by atoms with Gasteiger partial charge in [-0.2, -0.15) is 0 Å². The molecule has 0 amide bonds. The van der Waals surface area contributed by atoms with E-state index < -0.39 is 0 Å². The first-order valence-electron chi connectivity index (χ1n) is 9.21. The zero-order chi connectivity index (χ0) is 17.7. The van der Waals surface area contributed by atoms with Crippen molar-refractivity contribution in [2.75, 3.05) is 26.3 Å². The molecule has 4 aliphatic rings. The molecular formula is C22H20BrNO2. The molecule has 0 N–H and O–H groups in total. The van der Waals surface area contributed by atoms with Crippen LogP contribution in [-0.2, 0) is 16.0 Å². The minimum absolute atomic E-state index is 0.181. The summed E-state index contributed by atoms with van der Waals surface area (Å²) in [6.07, 6.45) is 11.1. The molecule has 1 heterocycles. The molecule has 0 radical (unpaired) electrons. The second-order valence-electron chi connectivity index (χ2n) is 7.15. The van der Waals surface area contributed by atoms with Crippen molar-refractivity contribution in [2.45, 2.75) is 19.3 Å². The summed E-state index contributed by atoms with van der Waals surface area (Å²) in [5.41, 5.74) is 8.53. The number of ketones is 1. The highest BCUT2D eigenvalue weighted by molar-refractivity contribution is 9.10. The third kappa shape index (κ3) is 2.55. The summed E-state index contributed by atoms with van der Waals surface area (Å²) >= 11 is 3.77. The van der Waals surface area contributed by atoms with E-state index in [0.29, 0.717) is 0 Å². The molecule has 5 rings (SSSR count). The molecule has 0 spiro atoms. The molecule has 1 aliphatic heterocycles. The summed E-state index contributed by atoms with van der Waals surface area (Å²) in [5.74, 6) is 0.181. The van der Waals surface area contributed by atoms with E-state index in [2.05, 4.69) is 51.2 Å². The average molecular weight is 410 g/mol. The standard InChI is InChI=1S/C22H20BrNO2/c23-20-7-4-14-2-1-3-16(14)22(20)18-6-5-17-19(18)12-15(13-21(17)25)24-8-10-26-11-9-24/h1-2,4,6-7,13H,3,5,8-12H2. The van der Waals surface area contributed by atoms with Crippen LogP contribution in [0.4, 0.5) is 0 Å². The molecule has 1 saturated heterocycles. The fourth-order valence-corrected chi connectivity index (χ4v) is 5.03. The molecule has 26 heavy (non-hydrogen) atoms. The van der Waals surface area contributed by atoms with Gasteiger partial charge < -0.3 is 9.64 Å². The van der Waals surface area contributed by atoms with Gasteiger partial charge in [-0.15, -0.1) is 0 Å². The molecule has 1 aromatic carbocycles. The third-order valence-corrected chi connectivity index (χ3v) is 6.42. The van der Waals surface area contributed by atoms with Crippen LogP contribution in [-0.4, -0.2) is 37.0 Å². The topological polar surface area (TPSA) is 29.5 Å². The molecule has 0 unspecified atom stereocenters. The van der Waals surface area contributed by atoms with Crippen LogP contribution in [0.1, 0.15) is 29.5 Å². The van der Waals surface area contributed by atoms with Crippen molar-refractivity contribution in [1.82, 2.24) is 4.90 Å². The number of fused-ring (bicyclic) bond motifs is 1. The van der Waals surface area contributed by atoms with Crippen molar-refractivity contribution in [3.8, 4) is 0 Å². The minimum Gasteiger partial charge on any atom is -0.378 e. The Morgan fingerprint density at radius 3 is 2.77 bits per heavy atom. The van der Waals surface area contributed by atoms with Gasteiger partial charge in [0.25, 0.3) is 0 Å². The van der Waals surface area contributed by atoms with Crippen molar-refractivity contribution in [3.05, 3.63) is 68.4 Å². The van der Waals surface area contributed by atoms with E-state index in [9.17, 15) is 4.79 Å². The van der Waals surface area contributed by atoms with Crippen LogP contribution < -0.4 is 0 Å². The fourth-order valence-electron chi connectivity index (χ4n) is 4.45. The van der Waals surface area contributed by atoms with Gasteiger partial charge in [0, 0.05) is 41.3 Å². The van der Waals surface area contributed by atoms with Crippen LogP contribution in [0.25, 0.3) is 11.6 Å². The Labute approximate surface area is 161 Å². The second kappa shape index (κ2) is 6.36. The van der Waals surface area contributed by atoms with E-state index in [1.54, 1.807) is 0 Å². The van der Waals surface area contributed by atoms with Gasteiger partial charge in [-0.05, 0) is 46.7 Å². The Hall–Kier alpha value is -1.91. The third-order valence-electron chi connectivity index (χ3n) is 5.76. The largest absolute Gasteiger partial charge is 0.378 e. The van der Waals surface area contributed by atoms with E-state index in [1.165, 1.54) is 27.8 Å². The normalized spacial score (nSPS) is 21.7. The summed E-state index contributed by atoms with van der Waals surface area (Å²) in [4.78, 5) is 15.1. The monoisotopic (exact) mass is 409 g/mol. The van der Waals surface area contributed by atoms with Crippen molar-refractivity contribution < 1.29 is 9.53 Å². The van der Waals surface area contributed by atoms with Gasteiger partial charge in [-0.3, -0.25) is 4.79 Å². The van der Waals surface area contributed by atoms with Crippen LogP contribution in [0.3, 0.4) is 0 Å². The number of carbonyl (C=O) groups is 1. The van der Waals surface area contributed by atoms with Crippen molar-refractivity contribution in [1.29, 1.82) is 0 Å². The van der Waals surface area contributed by atoms with E-state index in [1.807, 2.05) is 6.08 Å². The van der Waals surface area contributed by atoms with Crippen molar-refractivity contribution in [3.63, 3.8) is 0 Å². The van der Waals surface area contributed by atoms with Crippen LogP contribution in [0, 0.1) is 0 Å². The molecule has 4 heteroatoms. The van der Waals surface area contributed by atoms with Crippen LogP contribution in [0.2, 0.25) is 0 Å². The van der Waals surface area contributed by atoms with Gasteiger partial charge in [0.1, 0.15) is 0 Å². The summed E-state index contributed by atoms with van der Waals surface area (Å²) < 4.78 is 6.59. The number of hydrogen-bond acceptors (Lipinski definition) is 3. The SMILES string of the molecule is O=C1C=C(N2CCOCC2)CC2=C1CC=C2c1c(Br)ccc2c1CC=C2. The Balaban J connectivity index is 1.52. The molecule has 0 aromatic heterocycles. The fraction of sp³-hybridized carbons (Fsp3) is 0.318. The highest BCUT2D eigenvalue weighted by Crippen LogP contribution is 2.45. The summed E-state index contributed by atoms with van der Waals surface area (Å²) in [6.45, 7) is 3.22. The van der Waals surface area contributed by atoms with Gasteiger partial charge >= 0.3 is 0 Å². The zero-order valence-electron chi connectivity index (χ0n) is 14.6. The Kier molecular flexibility index (Phi) is 3.98. The first-order valence-corrected chi connectivity index (χ1v) is 10.00. The van der Waals surface area contributed by atoms with Gasteiger partial charge in [0.15, 0.2) is 5.78 Å². The lowest BCUT2D eigenvalue weighted by molar-refractivity contribution is -0.111. The predicted octanol–water partition coefficient (Wildman–Crippen LogP) is 4.29. The first-order chi connectivity index (χ1) is 12.7.